The number of nitrogens with one attached hydrogen (secondary N) is 2. The maximum absolute atomic E-state index is 10.5. The van der Waals surface area contributed by atoms with E-state index < -0.39 is 4.92 Å². The van der Waals surface area contributed by atoms with Crippen molar-refractivity contribution < 1.29 is 9.66 Å². The topological polar surface area (TPSA) is 79.7 Å². The van der Waals surface area contributed by atoms with Crippen LogP contribution in [0.15, 0.2) is 36.3 Å². The average molecular weight is 359 g/mol. The summed E-state index contributed by atoms with van der Waals surface area (Å²) < 4.78 is 5.72. The zero-order valence-electron chi connectivity index (χ0n) is 14.4. The molecule has 0 bridgehead atoms. The monoisotopic (exact) mass is 358 g/mol. The maximum Gasteiger partial charge on any atom is 0.274 e. The van der Waals surface area contributed by atoms with Gasteiger partial charge in [0.2, 0.25) is 0 Å². The SMILES string of the molecule is CCNC(=C[N+](=O)[O-])NCCCOc1cccc(CN(C)C)c1.Cl. The largest absolute Gasteiger partial charge is 0.494 e. The molecule has 0 saturated heterocycles. The van der Waals surface area contributed by atoms with Gasteiger partial charge in [0.15, 0.2) is 5.82 Å². The van der Waals surface area contributed by atoms with E-state index in [1.165, 1.54) is 5.56 Å². The molecule has 0 amide bonds. The lowest BCUT2D eigenvalue weighted by Crippen LogP contribution is -2.28. The molecule has 2 N–H and O–H groups in total. The molecule has 0 spiro atoms. The van der Waals surface area contributed by atoms with Crippen LogP contribution < -0.4 is 15.4 Å². The van der Waals surface area contributed by atoms with Crippen LogP contribution in [0.3, 0.4) is 0 Å². The Bertz CT molecular complexity index is 524. The Hall–Kier alpha value is -1.99. The highest BCUT2D eigenvalue weighted by molar-refractivity contribution is 5.85. The molecule has 0 unspecified atom stereocenters. The van der Waals surface area contributed by atoms with Gasteiger partial charge < -0.3 is 20.3 Å². The van der Waals surface area contributed by atoms with Crippen molar-refractivity contribution >= 4 is 12.4 Å². The van der Waals surface area contributed by atoms with Crippen molar-refractivity contribution in [1.82, 2.24) is 15.5 Å². The molecule has 0 fully saturated rings. The number of nitrogens with zero attached hydrogens (tertiary/aromatic N) is 2. The lowest BCUT2D eigenvalue weighted by molar-refractivity contribution is -0.404. The minimum absolute atomic E-state index is 0. The van der Waals surface area contributed by atoms with Gasteiger partial charge in [-0.1, -0.05) is 12.1 Å². The number of ether oxygens (including phenoxy) is 1. The van der Waals surface area contributed by atoms with Crippen molar-refractivity contribution in [2.45, 2.75) is 19.9 Å². The van der Waals surface area contributed by atoms with Crippen LogP contribution in [0.4, 0.5) is 0 Å². The van der Waals surface area contributed by atoms with Crippen molar-refractivity contribution in [3.8, 4) is 5.75 Å². The van der Waals surface area contributed by atoms with Crippen LogP contribution in [0, 0.1) is 10.1 Å². The number of rotatable bonds is 11. The van der Waals surface area contributed by atoms with Crippen molar-refractivity contribution in [2.24, 2.45) is 0 Å². The quantitative estimate of drug-likeness (QED) is 0.358. The normalized spacial score (nSPS) is 10.9. The van der Waals surface area contributed by atoms with E-state index in [-0.39, 0.29) is 12.4 Å². The third kappa shape index (κ3) is 9.91. The first-order chi connectivity index (χ1) is 11.0. The second-order valence-corrected chi connectivity index (χ2v) is 5.37. The molecular formula is C16H27ClN4O3. The minimum atomic E-state index is -0.474. The molecule has 24 heavy (non-hydrogen) atoms. The van der Waals surface area contributed by atoms with E-state index >= 15 is 0 Å². The Balaban J connectivity index is 0.00000529. The predicted molar refractivity (Wildman–Crippen MR) is 97.9 cm³/mol. The molecule has 0 aliphatic carbocycles. The van der Waals surface area contributed by atoms with Crippen molar-refractivity contribution in [2.75, 3.05) is 33.8 Å². The Labute approximate surface area is 149 Å². The molecule has 7 nitrogen and oxygen atoms in total. The van der Waals surface area contributed by atoms with Gasteiger partial charge in [0.25, 0.3) is 6.20 Å². The number of hydrogen-bond acceptors (Lipinski definition) is 6. The summed E-state index contributed by atoms with van der Waals surface area (Å²) in [6.45, 7) is 4.54. The zero-order valence-corrected chi connectivity index (χ0v) is 15.3. The highest BCUT2D eigenvalue weighted by Crippen LogP contribution is 2.14. The van der Waals surface area contributed by atoms with Crippen molar-refractivity contribution in [3.05, 3.63) is 52.0 Å². The first-order valence-corrected chi connectivity index (χ1v) is 7.70. The van der Waals surface area contributed by atoms with Gasteiger partial charge in [-0.25, -0.2) is 0 Å². The van der Waals surface area contributed by atoms with Crippen LogP contribution in [0.2, 0.25) is 0 Å². The Morgan fingerprint density at radius 3 is 2.75 bits per heavy atom. The summed E-state index contributed by atoms with van der Waals surface area (Å²) in [5.41, 5.74) is 1.20. The van der Waals surface area contributed by atoms with E-state index in [2.05, 4.69) is 21.6 Å². The standard InChI is InChI=1S/C16H26N4O3.ClH/c1-4-17-16(13-20(21)22)18-9-6-10-23-15-8-5-7-14(11-15)12-19(2)3;/h5,7-8,11,13,17-18H,4,6,9-10,12H2,1-3H3;1H. The average Bonchev–Trinajstić information content (AvgIpc) is 2.46. The predicted octanol–water partition coefficient (Wildman–Crippen LogP) is 2.21. The fourth-order valence-corrected chi connectivity index (χ4v) is 2.03. The summed E-state index contributed by atoms with van der Waals surface area (Å²) in [4.78, 5) is 12.1. The van der Waals surface area contributed by atoms with E-state index in [0.717, 1.165) is 24.9 Å². The van der Waals surface area contributed by atoms with Gasteiger partial charge in [-0.2, -0.15) is 0 Å². The van der Waals surface area contributed by atoms with E-state index in [1.807, 2.05) is 39.2 Å². The Morgan fingerprint density at radius 2 is 2.12 bits per heavy atom. The molecule has 1 aromatic rings. The smallest absolute Gasteiger partial charge is 0.274 e. The molecule has 0 atom stereocenters. The van der Waals surface area contributed by atoms with Crippen molar-refractivity contribution in [1.29, 1.82) is 0 Å². The number of benzene rings is 1. The van der Waals surface area contributed by atoms with E-state index in [0.29, 0.717) is 25.5 Å². The first kappa shape index (κ1) is 22.0. The molecular weight excluding hydrogens is 332 g/mol. The van der Waals surface area contributed by atoms with Crippen LogP contribution in [-0.2, 0) is 6.54 Å². The minimum Gasteiger partial charge on any atom is -0.494 e. The summed E-state index contributed by atoms with van der Waals surface area (Å²) in [6, 6.07) is 8.02. The first-order valence-electron chi connectivity index (χ1n) is 7.70. The number of nitro groups is 1. The summed E-state index contributed by atoms with van der Waals surface area (Å²) in [5, 5.41) is 16.4. The highest BCUT2D eigenvalue weighted by Gasteiger charge is 2.01. The van der Waals surface area contributed by atoms with Gasteiger partial charge in [-0.3, -0.25) is 10.1 Å². The molecule has 0 radical (unpaired) electrons. The number of halogens is 1. The fourth-order valence-electron chi connectivity index (χ4n) is 2.03. The Morgan fingerprint density at radius 1 is 1.38 bits per heavy atom. The molecule has 1 aromatic carbocycles. The lowest BCUT2D eigenvalue weighted by atomic mass is 10.2. The van der Waals surface area contributed by atoms with Gasteiger partial charge in [-0.05, 0) is 45.1 Å². The van der Waals surface area contributed by atoms with Gasteiger partial charge in [0.1, 0.15) is 5.75 Å². The van der Waals surface area contributed by atoms with Crippen LogP contribution in [-0.4, -0.2) is 43.6 Å². The van der Waals surface area contributed by atoms with Gasteiger partial charge in [0.05, 0.1) is 11.5 Å². The molecule has 0 aromatic heterocycles. The Kier molecular flexibility index (Phi) is 11.4. The van der Waals surface area contributed by atoms with E-state index in [9.17, 15) is 10.1 Å². The maximum atomic E-state index is 10.5. The molecule has 0 aliphatic heterocycles. The number of hydrogen-bond donors (Lipinski definition) is 2. The van der Waals surface area contributed by atoms with Gasteiger partial charge in [0, 0.05) is 19.6 Å². The van der Waals surface area contributed by atoms with Crippen LogP contribution >= 0.6 is 12.4 Å². The zero-order chi connectivity index (χ0) is 17.1. The lowest BCUT2D eigenvalue weighted by Gasteiger charge is -2.12. The second kappa shape index (κ2) is 12.4. The molecule has 0 aliphatic rings. The third-order valence-electron chi connectivity index (χ3n) is 2.90. The molecule has 0 saturated carbocycles. The summed E-state index contributed by atoms with van der Waals surface area (Å²) in [7, 11) is 4.05. The van der Waals surface area contributed by atoms with Crippen molar-refractivity contribution in [3.63, 3.8) is 0 Å². The van der Waals surface area contributed by atoms with Gasteiger partial charge in [-0.15, -0.1) is 12.4 Å². The molecule has 0 heterocycles. The van der Waals surface area contributed by atoms with Crippen LogP contribution in [0.5, 0.6) is 5.75 Å². The van der Waals surface area contributed by atoms with Crippen LogP contribution in [0.1, 0.15) is 18.9 Å². The summed E-state index contributed by atoms with van der Waals surface area (Å²) in [6.07, 6.45) is 1.69. The summed E-state index contributed by atoms with van der Waals surface area (Å²) >= 11 is 0. The second-order valence-electron chi connectivity index (χ2n) is 5.37. The van der Waals surface area contributed by atoms with E-state index in [4.69, 9.17) is 4.74 Å². The molecule has 1 rings (SSSR count). The van der Waals surface area contributed by atoms with Gasteiger partial charge >= 0.3 is 0 Å². The fraction of sp³-hybridized carbons (Fsp3) is 0.500. The van der Waals surface area contributed by atoms with E-state index in [1.54, 1.807) is 0 Å². The molecule has 136 valence electrons. The third-order valence-corrected chi connectivity index (χ3v) is 2.90. The highest BCUT2D eigenvalue weighted by atomic mass is 35.5. The molecule has 8 heteroatoms. The van der Waals surface area contributed by atoms with Crippen LogP contribution in [0.25, 0.3) is 0 Å². The summed E-state index contributed by atoms with van der Waals surface area (Å²) in [5.74, 6) is 1.27.